The summed E-state index contributed by atoms with van der Waals surface area (Å²) in [6.45, 7) is 5.79. The highest BCUT2D eigenvalue weighted by Gasteiger charge is 2.44. The number of rotatable bonds is 4. The fourth-order valence-electron chi connectivity index (χ4n) is 4.67. The molecule has 0 unspecified atom stereocenters. The van der Waals surface area contributed by atoms with E-state index < -0.39 is 11.8 Å². The minimum Gasteiger partial charge on any atom is -0.497 e. The number of aromatic nitrogens is 1. The molecule has 2 aromatic rings. The third-order valence-electron chi connectivity index (χ3n) is 5.99. The number of amides is 1. The van der Waals surface area contributed by atoms with Crippen LogP contribution in [0.15, 0.2) is 58.7 Å². The maximum atomic E-state index is 13.5. The number of benzene rings is 1. The first kappa shape index (κ1) is 21.0. The maximum Gasteiger partial charge on any atom is 0.255 e. The summed E-state index contributed by atoms with van der Waals surface area (Å²) in [6.07, 6.45) is 1.26. The Morgan fingerprint density at radius 3 is 2.61 bits per heavy atom. The maximum absolute atomic E-state index is 13.5. The van der Waals surface area contributed by atoms with Crippen LogP contribution in [0.3, 0.4) is 0 Å². The zero-order valence-corrected chi connectivity index (χ0v) is 18.3. The van der Waals surface area contributed by atoms with Gasteiger partial charge in [0.2, 0.25) is 0 Å². The summed E-state index contributed by atoms with van der Waals surface area (Å²) < 4.78 is 5.42. The van der Waals surface area contributed by atoms with Gasteiger partial charge in [0.25, 0.3) is 5.91 Å². The Kier molecular flexibility index (Phi) is 5.72. The van der Waals surface area contributed by atoms with Gasteiger partial charge in [0, 0.05) is 35.0 Å². The molecule has 0 spiro atoms. The fourth-order valence-corrected chi connectivity index (χ4v) is 4.67. The van der Waals surface area contributed by atoms with E-state index in [4.69, 9.17) is 9.73 Å². The predicted molar refractivity (Wildman–Crippen MR) is 120 cm³/mol. The van der Waals surface area contributed by atoms with Crippen molar-refractivity contribution in [2.45, 2.75) is 39.5 Å². The third-order valence-corrected chi connectivity index (χ3v) is 5.99. The van der Waals surface area contributed by atoms with E-state index >= 15 is 0 Å². The number of Topliss-reactive ketones (excluding diaryl/α,β-unsaturated/α-hetero) is 1. The molecule has 6 nitrogen and oxygen atoms in total. The second kappa shape index (κ2) is 8.46. The molecule has 0 radical (unpaired) electrons. The lowest BCUT2D eigenvalue weighted by Gasteiger charge is -2.37. The van der Waals surface area contributed by atoms with Crippen LogP contribution in [0.5, 0.6) is 5.75 Å². The zero-order chi connectivity index (χ0) is 22.1. The molecule has 6 heteroatoms. The standard InChI is InChI=1S/C25H27N3O3/c1-14-11-19-24(20(29)12-14)23(17-8-6-9-18(13-17)31-4)22(16(3)27-19)25(30)28-21-10-5-7-15(2)26-21/h5-10,13-14,23-24H,11-12H2,1-4H3,(H,26,28,30)/t14-,23+,24-/m0/s1. The molecule has 1 aromatic carbocycles. The van der Waals surface area contributed by atoms with Crippen LogP contribution < -0.4 is 10.1 Å². The minimum atomic E-state index is -0.432. The summed E-state index contributed by atoms with van der Waals surface area (Å²) in [7, 11) is 1.61. The van der Waals surface area contributed by atoms with E-state index in [1.165, 1.54) is 0 Å². The number of nitrogens with one attached hydrogen (secondary N) is 1. The van der Waals surface area contributed by atoms with Gasteiger partial charge in [-0.25, -0.2) is 4.98 Å². The van der Waals surface area contributed by atoms with Crippen LogP contribution in [0.25, 0.3) is 0 Å². The number of pyridine rings is 1. The molecule has 1 aliphatic heterocycles. The number of anilines is 1. The van der Waals surface area contributed by atoms with Crippen molar-refractivity contribution in [1.82, 2.24) is 4.98 Å². The summed E-state index contributed by atoms with van der Waals surface area (Å²) in [5.74, 6) is 0.442. The lowest BCUT2D eigenvalue weighted by atomic mass is 9.67. The number of hydrogen-bond donors (Lipinski definition) is 1. The number of aliphatic imine (C=N–C) groups is 1. The van der Waals surface area contributed by atoms with Crippen LogP contribution in [0.1, 0.15) is 43.9 Å². The number of fused-ring (bicyclic) bond motifs is 1. The summed E-state index contributed by atoms with van der Waals surface area (Å²) in [5, 5.41) is 2.91. The highest BCUT2D eigenvalue weighted by atomic mass is 16.5. The molecule has 2 aliphatic rings. The molecule has 3 atom stereocenters. The Hall–Kier alpha value is -3.28. The Labute approximate surface area is 182 Å². The predicted octanol–water partition coefficient (Wildman–Crippen LogP) is 4.46. The van der Waals surface area contributed by atoms with Gasteiger partial charge in [0.05, 0.1) is 13.0 Å². The molecular weight excluding hydrogens is 390 g/mol. The molecule has 1 amide bonds. The lowest BCUT2D eigenvalue weighted by Crippen LogP contribution is -2.41. The van der Waals surface area contributed by atoms with Crippen molar-refractivity contribution in [1.29, 1.82) is 0 Å². The molecule has 160 valence electrons. The van der Waals surface area contributed by atoms with Crippen molar-refractivity contribution >= 4 is 23.2 Å². The SMILES string of the molecule is COc1cccc([C@@H]2C(C(=O)Nc3cccc(C)n3)=C(C)N=C3C[C@H](C)CC(=O)[C@H]32)c1. The van der Waals surface area contributed by atoms with Crippen LogP contribution in [0.2, 0.25) is 0 Å². The topological polar surface area (TPSA) is 80.7 Å². The molecule has 0 bridgehead atoms. The van der Waals surface area contributed by atoms with Crippen molar-refractivity contribution in [3.05, 3.63) is 65.0 Å². The van der Waals surface area contributed by atoms with Gasteiger partial charge in [-0.1, -0.05) is 25.1 Å². The van der Waals surface area contributed by atoms with Crippen LogP contribution in [0.4, 0.5) is 5.82 Å². The van der Waals surface area contributed by atoms with Crippen molar-refractivity contribution in [2.24, 2.45) is 16.8 Å². The van der Waals surface area contributed by atoms with Gasteiger partial charge < -0.3 is 10.1 Å². The Balaban J connectivity index is 1.81. The van der Waals surface area contributed by atoms with E-state index in [2.05, 4.69) is 17.2 Å². The average Bonchev–Trinajstić information content (AvgIpc) is 2.72. The number of ether oxygens (including phenoxy) is 1. The molecule has 1 N–H and O–H groups in total. The number of aryl methyl sites for hydroxylation is 1. The largest absolute Gasteiger partial charge is 0.497 e. The van der Waals surface area contributed by atoms with Gasteiger partial charge in [-0.05, 0) is 56.0 Å². The number of nitrogens with zero attached hydrogens (tertiary/aromatic N) is 2. The molecule has 1 aliphatic carbocycles. The van der Waals surface area contributed by atoms with E-state index in [0.29, 0.717) is 29.3 Å². The zero-order valence-electron chi connectivity index (χ0n) is 18.3. The van der Waals surface area contributed by atoms with Crippen molar-refractivity contribution in [2.75, 3.05) is 12.4 Å². The van der Waals surface area contributed by atoms with Crippen molar-refractivity contribution in [3.8, 4) is 5.75 Å². The number of ketones is 1. The number of methoxy groups -OCH3 is 1. The van der Waals surface area contributed by atoms with Crippen LogP contribution >= 0.6 is 0 Å². The fraction of sp³-hybridized carbons (Fsp3) is 0.360. The van der Waals surface area contributed by atoms with Gasteiger partial charge in [-0.2, -0.15) is 0 Å². The average molecular weight is 418 g/mol. The van der Waals surface area contributed by atoms with E-state index in [1.54, 1.807) is 13.2 Å². The first-order chi connectivity index (χ1) is 14.9. The van der Waals surface area contributed by atoms with E-state index in [9.17, 15) is 9.59 Å². The highest BCUT2D eigenvalue weighted by Crippen LogP contribution is 2.44. The van der Waals surface area contributed by atoms with Crippen molar-refractivity contribution < 1.29 is 14.3 Å². The molecule has 31 heavy (non-hydrogen) atoms. The number of allylic oxidation sites excluding steroid dienone is 1. The molecule has 4 rings (SSSR count). The van der Waals surface area contributed by atoms with E-state index in [1.807, 2.05) is 50.2 Å². The Morgan fingerprint density at radius 2 is 1.87 bits per heavy atom. The summed E-state index contributed by atoms with van der Waals surface area (Å²) >= 11 is 0. The van der Waals surface area contributed by atoms with Gasteiger partial charge in [-0.3, -0.25) is 14.6 Å². The van der Waals surface area contributed by atoms with Crippen LogP contribution in [-0.2, 0) is 9.59 Å². The molecule has 1 saturated carbocycles. The summed E-state index contributed by atoms with van der Waals surface area (Å²) in [6, 6.07) is 13.1. The first-order valence-electron chi connectivity index (χ1n) is 10.6. The van der Waals surface area contributed by atoms with Crippen LogP contribution in [-0.4, -0.2) is 29.5 Å². The molecule has 2 heterocycles. The third kappa shape index (κ3) is 4.15. The van der Waals surface area contributed by atoms with Crippen LogP contribution in [0, 0.1) is 18.8 Å². The summed E-state index contributed by atoms with van der Waals surface area (Å²) in [5.41, 5.74) is 3.72. The van der Waals surface area contributed by atoms with Gasteiger partial charge in [0.15, 0.2) is 0 Å². The number of carbonyl (C=O) groups is 2. The molecular formula is C25H27N3O3. The first-order valence-corrected chi connectivity index (χ1v) is 10.6. The smallest absolute Gasteiger partial charge is 0.255 e. The monoisotopic (exact) mass is 417 g/mol. The lowest BCUT2D eigenvalue weighted by molar-refractivity contribution is -0.123. The highest BCUT2D eigenvalue weighted by molar-refractivity contribution is 6.14. The molecule has 1 fully saturated rings. The minimum absolute atomic E-state index is 0.136. The Bertz CT molecular complexity index is 1100. The molecule has 1 aromatic heterocycles. The Morgan fingerprint density at radius 1 is 1.10 bits per heavy atom. The number of hydrogen-bond acceptors (Lipinski definition) is 5. The quantitative estimate of drug-likeness (QED) is 0.796. The normalized spacial score (nSPS) is 23.2. The van der Waals surface area contributed by atoms with Crippen molar-refractivity contribution in [3.63, 3.8) is 0 Å². The van der Waals surface area contributed by atoms with E-state index in [0.717, 1.165) is 23.4 Å². The van der Waals surface area contributed by atoms with Gasteiger partial charge >= 0.3 is 0 Å². The second-order valence-corrected chi connectivity index (χ2v) is 8.43. The summed E-state index contributed by atoms with van der Waals surface area (Å²) in [4.78, 5) is 35.8. The second-order valence-electron chi connectivity index (χ2n) is 8.43. The van der Waals surface area contributed by atoms with Gasteiger partial charge in [0.1, 0.15) is 17.4 Å². The number of carbonyl (C=O) groups excluding carboxylic acids is 2. The van der Waals surface area contributed by atoms with Gasteiger partial charge in [-0.15, -0.1) is 0 Å². The van der Waals surface area contributed by atoms with E-state index in [-0.39, 0.29) is 17.6 Å². The molecule has 0 saturated heterocycles.